The first kappa shape index (κ1) is 13.8. The number of amides is 1. The van der Waals surface area contributed by atoms with Crippen LogP contribution in [0.3, 0.4) is 0 Å². The van der Waals surface area contributed by atoms with E-state index >= 15 is 0 Å². The van der Waals surface area contributed by atoms with E-state index in [-0.39, 0.29) is 29.6 Å². The Morgan fingerprint density at radius 2 is 2.30 bits per heavy atom. The number of halogens is 2. The van der Waals surface area contributed by atoms with Crippen LogP contribution >= 0.6 is 11.6 Å². The molecule has 1 aromatic rings. The summed E-state index contributed by atoms with van der Waals surface area (Å²) in [6.07, 6.45) is 0.704. The van der Waals surface area contributed by atoms with Crippen LogP contribution < -0.4 is 5.32 Å². The second-order valence-electron chi connectivity index (χ2n) is 5.67. The maximum atomic E-state index is 13.9. The molecule has 1 amide bonds. The van der Waals surface area contributed by atoms with Crippen LogP contribution in [0.1, 0.15) is 24.8 Å². The van der Waals surface area contributed by atoms with Crippen molar-refractivity contribution in [3.05, 3.63) is 34.6 Å². The topological polar surface area (TPSA) is 32.3 Å². The minimum Gasteiger partial charge on any atom is -0.337 e. The van der Waals surface area contributed by atoms with Gasteiger partial charge in [-0.25, -0.2) is 4.39 Å². The third-order valence-electron chi connectivity index (χ3n) is 4.26. The number of piperazine rings is 1. The van der Waals surface area contributed by atoms with Crippen molar-refractivity contribution >= 4 is 17.5 Å². The fourth-order valence-electron chi connectivity index (χ4n) is 3.03. The number of nitrogens with one attached hydrogen (secondary N) is 1. The number of nitrogens with zero attached hydrogens (tertiary/aromatic N) is 1. The van der Waals surface area contributed by atoms with E-state index in [1.165, 1.54) is 6.07 Å². The van der Waals surface area contributed by atoms with Gasteiger partial charge in [0.15, 0.2) is 0 Å². The van der Waals surface area contributed by atoms with E-state index < -0.39 is 0 Å². The summed E-state index contributed by atoms with van der Waals surface area (Å²) in [7, 11) is 0. The average molecular weight is 297 g/mol. The van der Waals surface area contributed by atoms with Gasteiger partial charge in [0.25, 0.3) is 0 Å². The minimum absolute atomic E-state index is 0.0571. The van der Waals surface area contributed by atoms with E-state index in [1.807, 2.05) is 11.8 Å². The van der Waals surface area contributed by atoms with Gasteiger partial charge in [0.1, 0.15) is 5.82 Å². The highest BCUT2D eigenvalue weighted by Gasteiger charge is 2.48. The standard InChI is InChI=1S/C15H18ClFN2O/c1-9-8-18-5-6-19(9)15(20)11-7-10(11)14-12(16)3-2-4-13(14)17/h2-4,9-11,18H,5-8H2,1H3/t9-,10-,11-/m1/s1. The van der Waals surface area contributed by atoms with Crippen molar-refractivity contribution in [2.75, 3.05) is 19.6 Å². The normalized spacial score (nSPS) is 29.4. The SMILES string of the molecule is C[C@@H]1CNCCN1C(=O)[C@@H]1C[C@H]1c1c(F)cccc1Cl. The molecule has 0 spiro atoms. The molecule has 3 rings (SSSR count). The highest BCUT2D eigenvalue weighted by Crippen LogP contribution is 2.51. The van der Waals surface area contributed by atoms with Crippen LogP contribution in [0.5, 0.6) is 0 Å². The smallest absolute Gasteiger partial charge is 0.226 e. The monoisotopic (exact) mass is 296 g/mol. The molecule has 0 unspecified atom stereocenters. The van der Waals surface area contributed by atoms with Crippen molar-refractivity contribution < 1.29 is 9.18 Å². The second-order valence-corrected chi connectivity index (χ2v) is 6.08. The molecule has 1 aliphatic heterocycles. The Labute approximate surface area is 123 Å². The molecule has 3 nitrogen and oxygen atoms in total. The molecule has 20 heavy (non-hydrogen) atoms. The summed E-state index contributed by atoms with van der Waals surface area (Å²) in [4.78, 5) is 14.4. The molecule has 5 heteroatoms. The van der Waals surface area contributed by atoms with E-state index in [0.717, 1.165) is 19.6 Å². The molecule has 2 fully saturated rings. The Hall–Kier alpha value is -1.13. The fourth-order valence-corrected chi connectivity index (χ4v) is 3.34. The maximum absolute atomic E-state index is 13.9. The number of benzene rings is 1. The van der Waals surface area contributed by atoms with Gasteiger partial charge in [-0.05, 0) is 25.5 Å². The first-order chi connectivity index (χ1) is 9.59. The first-order valence-corrected chi connectivity index (χ1v) is 7.42. The zero-order valence-electron chi connectivity index (χ0n) is 11.4. The van der Waals surface area contributed by atoms with Gasteiger partial charge in [-0.1, -0.05) is 17.7 Å². The molecule has 0 aromatic heterocycles. The summed E-state index contributed by atoms with van der Waals surface area (Å²) in [5.41, 5.74) is 0.510. The summed E-state index contributed by atoms with van der Waals surface area (Å²) in [5.74, 6) is -0.322. The predicted molar refractivity (Wildman–Crippen MR) is 76.3 cm³/mol. The molecule has 1 heterocycles. The lowest BCUT2D eigenvalue weighted by molar-refractivity contribution is -0.135. The van der Waals surface area contributed by atoms with Crippen molar-refractivity contribution in [1.29, 1.82) is 0 Å². The number of carbonyl (C=O) groups is 1. The number of hydrogen-bond acceptors (Lipinski definition) is 2. The van der Waals surface area contributed by atoms with Crippen molar-refractivity contribution in [1.82, 2.24) is 10.2 Å². The van der Waals surface area contributed by atoms with Gasteiger partial charge in [0.05, 0.1) is 0 Å². The summed E-state index contributed by atoms with van der Waals surface area (Å²) >= 11 is 6.07. The van der Waals surface area contributed by atoms with Crippen LogP contribution in [0.2, 0.25) is 5.02 Å². The lowest BCUT2D eigenvalue weighted by atomic mass is 10.1. The van der Waals surface area contributed by atoms with Crippen molar-refractivity contribution in [2.24, 2.45) is 5.92 Å². The molecule has 0 bridgehead atoms. The molecule has 1 aromatic carbocycles. The Balaban J connectivity index is 1.74. The highest BCUT2D eigenvalue weighted by atomic mass is 35.5. The molecule has 108 valence electrons. The van der Waals surface area contributed by atoms with E-state index in [4.69, 9.17) is 11.6 Å². The van der Waals surface area contributed by atoms with Gasteiger partial charge < -0.3 is 10.2 Å². The zero-order valence-corrected chi connectivity index (χ0v) is 12.2. The van der Waals surface area contributed by atoms with Crippen molar-refractivity contribution in [3.63, 3.8) is 0 Å². The molecule has 1 saturated carbocycles. The Bertz CT molecular complexity index is 516. The molecule has 1 saturated heterocycles. The minimum atomic E-state index is -0.300. The Morgan fingerprint density at radius 1 is 1.50 bits per heavy atom. The largest absolute Gasteiger partial charge is 0.337 e. The van der Waals surface area contributed by atoms with E-state index in [0.29, 0.717) is 17.0 Å². The second kappa shape index (κ2) is 5.34. The lowest BCUT2D eigenvalue weighted by Gasteiger charge is -2.34. The zero-order chi connectivity index (χ0) is 14.3. The average Bonchev–Trinajstić information content (AvgIpc) is 3.18. The fraction of sp³-hybridized carbons (Fsp3) is 0.533. The molecule has 1 N–H and O–H groups in total. The quantitative estimate of drug-likeness (QED) is 0.909. The van der Waals surface area contributed by atoms with Crippen LogP contribution in [0.4, 0.5) is 4.39 Å². The van der Waals surface area contributed by atoms with Gasteiger partial charge in [-0.15, -0.1) is 0 Å². The van der Waals surface area contributed by atoms with Crippen LogP contribution in [0.15, 0.2) is 18.2 Å². The Kier molecular flexibility index (Phi) is 3.69. The van der Waals surface area contributed by atoms with Gasteiger partial charge in [-0.3, -0.25) is 4.79 Å². The van der Waals surface area contributed by atoms with Crippen molar-refractivity contribution in [3.8, 4) is 0 Å². The summed E-state index contributed by atoms with van der Waals surface area (Å²) in [5, 5.41) is 3.69. The molecule has 0 radical (unpaired) electrons. The van der Waals surface area contributed by atoms with E-state index in [9.17, 15) is 9.18 Å². The van der Waals surface area contributed by atoms with Crippen LogP contribution in [-0.4, -0.2) is 36.5 Å². The number of rotatable bonds is 2. The summed E-state index contributed by atoms with van der Waals surface area (Å²) < 4.78 is 13.9. The van der Waals surface area contributed by atoms with Crippen molar-refractivity contribution in [2.45, 2.75) is 25.3 Å². The van der Waals surface area contributed by atoms with Gasteiger partial charge in [0.2, 0.25) is 5.91 Å². The molecule has 3 atom stereocenters. The number of hydrogen-bond donors (Lipinski definition) is 1. The van der Waals surface area contributed by atoms with Crippen LogP contribution in [0, 0.1) is 11.7 Å². The van der Waals surface area contributed by atoms with Gasteiger partial charge in [-0.2, -0.15) is 0 Å². The predicted octanol–water partition coefficient (Wildman–Crippen LogP) is 2.40. The first-order valence-electron chi connectivity index (χ1n) is 7.04. The lowest BCUT2D eigenvalue weighted by Crippen LogP contribution is -2.52. The third kappa shape index (κ3) is 2.42. The molecular formula is C15H18ClFN2O. The van der Waals surface area contributed by atoms with Gasteiger partial charge in [0, 0.05) is 48.1 Å². The Morgan fingerprint density at radius 3 is 3.00 bits per heavy atom. The molecular weight excluding hydrogens is 279 g/mol. The number of carbonyl (C=O) groups excluding carboxylic acids is 1. The maximum Gasteiger partial charge on any atom is 0.226 e. The van der Waals surface area contributed by atoms with Gasteiger partial charge >= 0.3 is 0 Å². The summed E-state index contributed by atoms with van der Waals surface area (Å²) in [6, 6.07) is 4.90. The van der Waals surface area contributed by atoms with Crippen LogP contribution in [0.25, 0.3) is 0 Å². The van der Waals surface area contributed by atoms with E-state index in [2.05, 4.69) is 5.32 Å². The molecule has 2 aliphatic rings. The third-order valence-corrected chi connectivity index (χ3v) is 4.59. The summed E-state index contributed by atoms with van der Waals surface area (Å²) in [6.45, 7) is 4.42. The van der Waals surface area contributed by atoms with Crippen LogP contribution in [-0.2, 0) is 4.79 Å². The van der Waals surface area contributed by atoms with E-state index in [1.54, 1.807) is 12.1 Å². The molecule has 1 aliphatic carbocycles. The highest BCUT2D eigenvalue weighted by molar-refractivity contribution is 6.31.